The molecule has 3 aromatic rings. The molecule has 0 spiro atoms. The van der Waals surface area contributed by atoms with Crippen LogP contribution in [0, 0.1) is 6.92 Å². The van der Waals surface area contributed by atoms with Crippen LogP contribution in [0.5, 0.6) is 0 Å². The summed E-state index contributed by atoms with van der Waals surface area (Å²) < 4.78 is 5.24. The van der Waals surface area contributed by atoms with Gasteiger partial charge in [0.05, 0.1) is 12.1 Å². The first-order chi connectivity index (χ1) is 12.9. The van der Waals surface area contributed by atoms with Crippen molar-refractivity contribution in [2.45, 2.75) is 38.5 Å². The van der Waals surface area contributed by atoms with Crippen LogP contribution in [0.3, 0.4) is 0 Å². The lowest BCUT2D eigenvalue weighted by atomic mass is 10.0. The number of hydrogen-bond donors (Lipinski definition) is 2. The van der Waals surface area contributed by atoms with E-state index in [9.17, 15) is 4.79 Å². The van der Waals surface area contributed by atoms with Crippen molar-refractivity contribution in [1.29, 1.82) is 0 Å². The van der Waals surface area contributed by atoms with Crippen LogP contribution in [-0.2, 0) is 16.6 Å². The Balaban J connectivity index is 1.39. The predicted octanol–water partition coefficient (Wildman–Crippen LogP) is 3.86. The number of carbonyl (C=O) groups is 1. The Kier molecular flexibility index (Phi) is 4.18. The van der Waals surface area contributed by atoms with Crippen molar-refractivity contribution in [3.63, 3.8) is 0 Å². The first kappa shape index (κ1) is 17.3. The number of benzene rings is 1. The van der Waals surface area contributed by atoms with Crippen molar-refractivity contribution in [2.24, 2.45) is 0 Å². The molecule has 1 aliphatic rings. The van der Waals surface area contributed by atoms with Crippen molar-refractivity contribution in [1.82, 2.24) is 10.1 Å². The molecule has 0 aliphatic heterocycles. The van der Waals surface area contributed by atoms with Crippen LogP contribution in [0.15, 0.2) is 47.1 Å². The minimum atomic E-state index is -0.128. The molecule has 4 rings (SSSR count). The molecule has 27 heavy (non-hydrogen) atoms. The second-order valence-corrected chi connectivity index (χ2v) is 7.49. The zero-order valence-corrected chi connectivity index (χ0v) is 15.5. The van der Waals surface area contributed by atoms with Crippen LogP contribution in [0.2, 0.25) is 0 Å². The number of nitrogen functional groups attached to an aromatic ring is 1. The highest BCUT2D eigenvalue weighted by Crippen LogP contribution is 2.47. The first-order valence-electron chi connectivity index (χ1n) is 9.01. The Morgan fingerprint density at radius 1 is 1.22 bits per heavy atom. The predicted molar refractivity (Wildman–Crippen MR) is 104 cm³/mol. The lowest BCUT2D eigenvalue weighted by Gasteiger charge is -2.06. The van der Waals surface area contributed by atoms with E-state index in [4.69, 9.17) is 10.3 Å². The third-order valence-electron chi connectivity index (χ3n) is 5.16. The van der Waals surface area contributed by atoms with Crippen LogP contribution < -0.4 is 11.1 Å². The molecular weight excluding hydrogens is 340 g/mol. The second kappa shape index (κ2) is 6.54. The number of anilines is 2. The van der Waals surface area contributed by atoms with Gasteiger partial charge >= 0.3 is 0 Å². The molecular formula is C21H22N4O2. The summed E-state index contributed by atoms with van der Waals surface area (Å²) in [5.41, 5.74) is 10.7. The number of aryl methyl sites for hydroxylation is 1. The van der Waals surface area contributed by atoms with Crippen LogP contribution >= 0.6 is 0 Å². The number of hydrogen-bond acceptors (Lipinski definition) is 5. The molecule has 1 amide bonds. The van der Waals surface area contributed by atoms with Gasteiger partial charge in [0.1, 0.15) is 5.82 Å². The molecule has 0 bridgehead atoms. The van der Waals surface area contributed by atoms with Gasteiger partial charge in [-0.1, -0.05) is 36.3 Å². The molecule has 0 saturated heterocycles. The molecule has 1 aliphatic carbocycles. The van der Waals surface area contributed by atoms with Crippen LogP contribution in [-0.4, -0.2) is 16.0 Å². The van der Waals surface area contributed by atoms with Crippen molar-refractivity contribution in [2.75, 3.05) is 11.1 Å². The van der Waals surface area contributed by atoms with Gasteiger partial charge in [-0.25, -0.2) is 4.98 Å². The van der Waals surface area contributed by atoms with Crippen LogP contribution in [0.25, 0.3) is 11.1 Å². The number of aromatic nitrogens is 2. The number of nitrogens with one attached hydrogen (secondary N) is 1. The Morgan fingerprint density at radius 3 is 2.63 bits per heavy atom. The van der Waals surface area contributed by atoms with E-state index in [1.807, 2.05) is 43.3 Å². The monoisotopic (exact) mass is 362 g/mol. The smallest absolute Gasteiger partial charge is 0.231 e. The summed E-state index contributed by atoms with van der Waals surface area (Å²) in [6.45, 7) is 4.08. The summed E-state index contributed by atoms with van der Waals surface area (Å²) >= 11 is 0. The molecule has 0 unspecified atom stereocenters. The third-order valence-corrected chi connectivity index (χ3v) is 5.16. The van der Waals surface area contributed by atoms with Gasteiger partial charge in [-0.15, -0.1) is 0 Å². The number of rotatable bonds is 5. The van der Waals surface area contributed by atoms with E-state index in [2.05, 4.69) is 22.4 Å². The van der Waals surface area contributed by atoms with Gasteiger partial charge in [-0.2, -0.15) is 0 Å². The zero-order valence-electron chi connectivity index (χ0n) is 15.5. The summed E-state index contributed by atoms with van der Waals surface area (Å²) in [5, 5.41) is 6.84. The maximum Gasteiger partial charge on any atom is 0.231 e. The van der Waals surface area contributed by atoms with E-state index in [1.165, 1.54) is 0 Å². The molecule has 2 heterocycles. The van der Waals surface area contributed by atoms with E-state index in [0.717, 1.165) is 40.8 Å². The molecule has 0 radical (unpaired) electrons. The van der Waals surface area contributed by atoms with Crippen molar-refractivity contribution in [3.05, 3.63) is 59.4 Å². The minimum Gasteiger partial charge on any atom is -0.383 e. The molecule has 1 aromatic carbocycles. The zero-order chi connectivity index (χ0) is 19.0. The SMILES string of the molecule is Cc1cc(-c2ccc(CC(=O)Nc3cc(C4(C)CC4)no3)cc2)cnc1N. The van der Waals surface area contributed by atoms with E-state index in [1.54, 1.807) is 6.20 Å². The van der Waals surface area contributed by atoms with Gasteiger partial charge in [-0.05, 0) is 42.5 Å². The summed E-state index contributed by atoms with van der Waals surface area (Å²) in [4.78, 5) is 16.5. The third kappa shape index (κ3) is 3.69. The van der Waals surface area contributed by atoms with Crippen molar-refractivity contribution >= 4 is 17.6 Å². The molecule has 1 fully saturated rings. The van der Waals surface area contributed by atoms with Gasteiger partial charge in [0.2, 0.25) is 11.8 Å². The van der Waals surface area contributed by atoms with E-state index in [-0.39, 0.29) is 17.7 Å². The Bertz CT molecular complexity index is 988. The fourth-order valence-corrected chi connectivity index (χ4v) is 2.99. The quantitative estimate of drug-likeness (QED) is 0.719. The highest BCUT2D eigenvalue weighted by Gasteiger charge is 2.42. The van der Waals surface area contributed by atoms with Gasteiger partial charge in [0.15, 0.2) is 0 Å². The number of nitrogens with zero attached hydrogens (tertiary/aromatic N) is 2. The molecule has 6 heteroatoms. The average molecular weight is 362 g/mol. The number of carbonyl (C=O) groups excluding carboxylic acids is 1. The summed E-state index contributed by atoms with van der Waals surface area (Å²) in [6.07, 6.45) is 4.25. The minimum absolute atomic E-state index is 0.123. The maximum atomic E-state index is 12.3. The number of nitrogens with two attached hydrogens (primary N) is 1. The van der Waals surface area contributed by atoms with E-state index >= 15 is 0 Å². The lowest BCUT2D eigenvalue weighted by Crippen LogP contribution is -2.13. The standard InChI is InChI=1S/C21H22N4O2/c1-13-9-16(12-23-20(13)22)15-5-3-14(4-6-15)10-18(26)24-19-11-17(25-27-19)21(2)7-8-21/h3-6,9,11-12H,7-8,10H2,1-2H3,(H2,22,23)(H,24,26). The van der Waals surface area contributed by atoms with Gasteiger partial charge < -0.3 is 10.3 Å². The Morgan fingerprint density at radius 2 is 1.96 bits per heavy atom. The molecule has 138 valence electrons. The van der Waals surface area contributed by atoms with E-state index < -0.39 is 0 Å². The van der Waals surface area contributed by atoms with Crippen LogP contribution in [0.4, 0.5) is 11.7 Å². The highest BCUT2D eigenvalue weighted by atomic mass is 16.5. The number of amides is 1. The van der Waals surface area contributed by atoms with Gasteiger partial charge in [0.25, 0.3) is 0 Å². The first-order valence-corrected chi connectivity index (χ1v) is 9.01. The van der Waals surface area contributed by atoms with Gasteiger partial charge in [0, 0.05) is 23.2 Å². The number of pyridine rings is 1. The Labute approximate surface area is 157 Å². The summed E-state index contributed by atoms with van der Waals surface area (Å²) in [6, 6.07) is 11.7. The highest BCUT2D eigenvalue weighted by molar-refractivity contribution is 5.91. The topological polar surface area (TPSA) is 94.0 Å². The molecule has 1 saturated carbocycles. The molecule has 6 nitrogen and oxygen atoms in total. The molecule has 2 aromatic heterocycles. The van der Waals surface area contributed by atoms with Crippen LogP contribution in [0.1, 0.15) is 36.6 Å². The summed E-state index contributed by atoms with van der Waals surface area (Å²) in [7, 11) is 0. The Hall–Kier alpha value is -3.15. The van der Waals surface area contributed by atoms with Crippen molar-refractivity contribution < 1.29 is 9.32 Å². The normalized spacial score (nSPS) is 14.7. The fourth-order valence-electron chi connectivity index (χ4n) is 2.99. The second-order valence-electron chi connectivity index (χ2n) is 7.49. The van der Waals surface area contributed by atoms with Crippen molar-refractivity contribution in [3.8, 4) is 11.1 Å². The fraction of sp³-hybridized carbons (Fsp3) is 0.286. The molecule has 0 atom stereocenters. The maximum absolute atomic E-state index is 12.3. The lowest BCUT2D eigenvalue weighted by molar-refractivity contribution is -0.115. The largest absolute Gasteiger partial charge is 0.383 e. The average Bonchev–Trinajstić information content (AvgIpc) is 3.22. The van der Waals surface area contributed by atoms with E-state index in [0.29, 0.717) is 11.7 Å². The molecule has 3 N–H and O–H groups in total. The summed E-state index contributed by atoms with van der Waals surface area (Å²) in [5.74, 6) is 0.817. The van der Waals surface area contributed by atoms with Gasteiger partial charge in [-0.3, -0.25) is 10.1 Å².